The molecule has 0 fully saturated rings. The SMILES string of the molecule is CC=Cc1ccc(OC)c(-c2ccc(F)cc2)c1. The van der Waals surface area contributed by atoms with Gasteiger partial charge < -0.3 is 4.74 Å². The molecule has 0 radical (unpaired) electrons. The van der Waals surface area contributed by atoms with Crippen LogP contribution in [0.5, 0.6) is 5.75 Å². The molecule has 0 unspecified atom stereocenters. The second kappa shape index (κ2) is 5.50. The maximum absolute atomic E-state index is 12.9. The first-order valence-corrected chi connectivity index (χ1v) is 5.81. The smallest absolute Gasteiger partial charge is 0.126 e. The topological polar surface area (TPSA) is 9.23 Å². The highest BCUT2D eigenvalue weighted by Crippen LogP contribution is 2.31. The predicted molar refractivity (Wildman–Crippen MR) is 73.1 cm³/mol. The van der Waals surface area contributed by atoms with Crippen molar-refractivity contribution >= 4 is 6.08 Å². The molecule has 2 aromatic rings. The largest absolute Gasteiger partial charge is 0.496 e. The standard InChI is InChI=1S/C16H15FO/c1-3-4-12-5-10-16(18-2)15(11-12)13-6-8-14(17)9-7-13/h3-11H,1-2H3. The van der Waals surface area contributed by atoms with Gasteiger partial charge in [0.25, 0.3) is 0 Å². The van der Waals surface area contributed by atoms with Gasteiger partial charge >= 0.3 is 0 Å². The third-order valence-corrected chi connectivity index (χ3v) is 2.74. The van der Waals surface area contributed by atoms with Gasteiger partial charge in [0.1, 0.15) is 11.6 Å². The molecule has 0 atom stereocenters. The molecule has 18 heavy (non-hydrogen) atoms. The molecule has 1 nitrogen and oxygen atoms in total. The van der Waals surface area contributed by atoms with Crippen molar-refractivity contribution in [1.29, 1.82) is 0 Å². The van der Waals surface area contributed by atoms with Crippen molar-refractivity contribution in [3.8, 4) is 16.9 Å². The first-order chi connectivity index (χ1) is 8.74. The number of rotatable bonds is 3. The first kappa shape index (κ1) is 12.4. The number of ether oxygens (including phenoxy) is 1. The van der Waals surface area contributed by atoms with E-state index in [1.807, 2.05) is 37.3 Å². The van der Waals surface area contributed by atoms with E-state index in [-0.39, 0.29) is 5.82 Å². The molecule has 0 aliphatic rings. The number of halogens is 1. The minimum atomic E-state index is -0.234. The van der Waals surface area contributed by atoms with Crippen LogP contribution in [-0.4, -0.2) is 7.11 Å². The van der Waals surface area contributed by atoms with Crippen molar-refractivity contribution in [2.45, 2.75) is 6.92 Å². The molecule has 0 heterocycles. The van der Waals surface area contributed by atoms with Crippen molar-refractivity contribution < 1.29 is 9.13 Å². The van der Waals surface area contributed by atoms with Crippen LogP contribution in [0, 0.1) is 5.82 Å². The lowest BCUT2D eigenvalue weighted by molar-refractivity contribution is 0.416. The average Bonchev–Trinajstić information content (AvgIpc) is 2.40. The maximum atomic E-state index is 12.9. The highest BCUT2D eigenvalue weighted by Gasteiger charge is 2.06. The molecule has 2 aromatic carbocycles. The molecule has 0 aliphatic carbocycles. The zero-order chi connectivity index (χ0) is 13.0. The molecule has 2 heteroatoms. The molecule has 0 saturated heterocycles. The summed E-state index contributed by atoms with van der Waals surface area (Å²) in [5, 5.41) is 0. The van der Waals surface area contributed by atoms with Gasteiger partial charge in [-0.05, 0) is 42.3 Å². The fourth-order valence-electron chi connectivity index (χ4n) is 1.88. The monoisotopic (exact) mass is 242 g/mol. The number of hydrogen-bond donors (Lipinski definition) is 0. The second-order valence-corrected chi connectivity index (χ2v) is 3.97. The minimum absolute atomic E-state index is 0.234. The van der Waals surface area contributed by atoms with Gasteiger partial charge in [0.15, 0.2) is 0 Å². The average molecular weight is 242 g/mol. The lowest BCUT2D eigenvalue weighted by Crippen LogP contribution is -1.89. The Hall–Kier alpha value is -2.09. The normalized spacial score (nSPS) is 10.8. The summed E-state index contributed by atoms with van der Waals surface area (Å²) in [6.45, 7) is 1.97. The molecule has 0 aliphatic heterocycles. The molecule has 0 N–H and O–H groups in total. The zero-order valence-corrected chi connectivity index (χ0v) is 10.5. The van der Waals surface area contributed by atoms with Crippen LogP contribution in [0.3, 0.4) is 0 Å². The van der Waals surface area contributed by atoms with Gasteiger partial charge in [-0.25, -0.2) is 4.39 Å². The molecule has 0 aromatic heterocycles. The summed E-state index contributed by atoms with van der Waals surface area (Å²) in [5.41, 5.74) is 3.00. The fourth-order valence-corrected chi connectivity index (χ4v) is 1.88. The van der Waals surface area contributed by atoms with Crippen LogP contribution < -0.4 is 4.74 Å². The van der Waals surface area contributed by atoms with Crippen LogP contribution in [0.2, 0.25) is 0 Å². The summed E-state index contributed by atoms with van der Waals surface area (Å²) in [4.78, 5) is 0. The molecular formula is C16H15FO. The Morgan fingerprint density at radius 3 is 2.39 bits per heavy atom. The van der Waals surface area contributed by atoms with Crippen molar-refractivity contribution in [2.24, 2.45) is 0 Å². The van der Waals surface area contributed by atoms with Gasteiger partial charge in [0.05, 0.1) is 7.11 Å². The maximum Gasteiger partial charge on any atom is 0.126 e. The van der Waals surface area contributed by atoms with Crippen LogP contribution in [0.4, 0.5) is 4.39 Å². The van der Waals surface area contributed by atoms with Crippen LogP contribution in [0.1, 0.15) is 12.5 Å². The highest BCUT2D eigenvalue weighted by atomic mass is 19.1. The van der Waals surface area contributed by atoms with E-state index in [1.165, 1.54) is 12.1 Å². The van der Waals surface area contributed by atoms with Crippen LogP contribution in [0.25, 0.3) is 17.2 Å². The van der Waals surface area contributed by atoms with Crippen LogP contribution >= 0.6 is 0 Å². The Bertz CT molecular complexity index is 556. The number of benzene rings is 2. The molecule has 0 amide bonds. The van der Waals surface area contributed by atoms with Crippen LogP contribution in [0.15, 0.2) is 48.5 Å². The molecule has 0 spiro atoms. The van der Waals surface area contributed by atoms with E-state index in [0.717, 1.165) is 22.4 Å². The number of hydrogen-bond acceptors (Lipinski definition) is 1. The molecular weight excluding hydrogens is 227 g/mol. The summed E-state index contributed by atoms with van der Waals surface area (Å²) in [6.07, 6.45) is 4.00. The van der Waals surface area contributed by atoms with E-state index in [9.17, 15) is 4.39 Å². The summed E-state index contributed by atoms with van der Waals surface area (Å²) in [5.74, 6) is 0.553. The van der Waals surface area contributed by atoms with Crippen molar-refractivity contribution in [1.82, 2.24) is 0 Å². The Balaban J connectivity index is 2.52. The quantitative estimate of drug-likeness (QED) is 0.768. The van der Waals surface area contributed by atoms with Crippen molar-refractivity contribution in [3.05, 3.63) is 59.9 Å². The van der Waals surface area contributed by atoms with Gasteiger partial charge in [-0.2, -0.15) is 0 Å². The van der Waals surface area contributed by atoms with Gasteiger partial charge in [-0.15, -0.1) is 0 Å². The van der Waals surface area contributed by atoms with Gasteiger partial charge in [0.2, 0.25) is 0 Å². The van der Waals surface area contributed by atoms with E-state index in [0.29, 0.717) is 0 Å². The van der Waals surface area contributed by atoms with E-state index in [2.05, 4.69) is 0 Å². The van der Waals surface area contributed by atoms with E-state index in [1.54, 1.807) is 19.2 Å². The highest BCUT2D eigenvalue weighted by molar-refractivity contribution is 5.73. The second-order valence-electron chi connectivity index (χ2n) is 3.97. The Labute approximate surface area is 107 Å². The van der Waals surface area contributed by atoms with E-state index >= 15 is 0 Å². The van der Waals surface area contributed by atoms with Gasteiger partial charge in [-0.1, -0.05) is 30.4 Å². The predicted octanol–water partition coefficient (Wildman–Crippen LogP) is 4.53. The number of methoxy groups -OCH3 is 1. The molecule has 0 saturated carbocycles. The third-order valence-electron chi connectivity index (χ3n) is 2.74. The van der Waals surface area contributed by atoms with Crippen LogP contribution in [-0.2, 0) is 0 Å². The Kier molecular flexibility index (Phi) is 3.78. The van der Waals surface area contributed by atoms with E-state index in [4.69, 9.17) is 4.74 Å². The first-order valence-electron chi connectivity index (χ1n) is 5.81. The summed E-state index contributed by atoms with van der Waals surface area (Å²) >= 11 is 0. The summed E-state index contributed by atoms with van der Waals surface area (Å²) in [7, 11) is 1.64. The third kappa shape index (κ3) is 2.59. The molecule has 0 bridgehead atoms. The van der Waals surface area contributed by atoms with Gasteiger partial charge in [-0.3, -0.25) is 0 Å². The number of allylic oxidation sites excluding steroid dienone is 1. The Morgan fingerprint density at radius 2 is 1.78 bits per heavy atom. The molecule has 92 valence electrons. The van der Waals surface area contributed by atoms with Crippen molar-refractivity contribution in [2.75, 3.05) is 7.11 Å². The molecule has 2 rings (SSSR count). The van der Waals surface area contributed by atoms with E-state index < -0.39 is 0 Å². The summed E-state index contributed by atoms with van der Waals surface area (Å²) < 4.78 is 18.3. The Morgan fingerprint density at radius 1 is 1.06 bits per heavy atom. The minimum Gasteiger partial charge on any atom is -0.496 e. The lowest BCUT2D eigenvalue weighted by Gasteiger charge is -2.09. The van der Waals surface area contributed by atoms with Crippen molar-refractivity contribution in [3.63, 3.8) is 0 Å². The van der Waals surface area contributed by atoms with Gasteiger partial charge in [0, 0.05) is 5.56 Å². The fraction of sp³-hybridized carbons (Fsp3) is 0.125. The lowest BCUT2D eigenvalue weighted by atomic mass is 10.0. The summed E-state index contributed by atoms with van der Waals surface area (Å²) in [6, 6.07) is 12.4. The zero-order valence-electron chi connectivity index (χ0n) is 10.5.